The van der Waals surface area contributed by atoms with Gasteiger partial charge in [-0.3, -0.25) is 19.7 Å². The minimum absolute atomic E-state index is 0.0529. The van der Waals surface area contributed by atoms with E-state index in [2.05, 4.69) is 15.6 Å². The Bertz CT molecular complexity index is 1530. The zero-order valence-corrected chi connectivity index (χ0v) is 21.0. The topological polar surface area (TPSA) is 101 Å². The molecule has 0 fully saturated rings. The number of hydrogen-bond acceptors (Lipinski definition) is 7. The number of nitrogens with one attached hydrogen (secondary N) is 2. The molecular weight excluding hydrogens is 512 g/mol. The maximum absolute atomic E-state index is 13.0. The van der Waals surface area contributed by atoms with Gasteiger partial charge in [0.2, 0.25) is 0 Å². The Morgan fingerprint density at radius 1 is 0.973 bits per heavy atom. The van der Waals surface area contributed by atoms with Crippen LogP contribution in [0.5, 0.6) is 5.75 Å². The molecule has 2 N–H and O–H groups in total. The highest BCUT2D eigenvalue weighted by molar-refractivity contribution is 7.14. The minimum Gasteiger partial charge on any atom is -0.497 e. The molecule has 0 saturated carbocycles. The minimum atomic E-state index is -0.642. The molecule has 0 aliphatic carbocycles. The van der Waals surface area contributed by atoms with E-state index in [9.17, 15) is 14.4 Å². The van der Waals surface area contributed by atoms with Gasteiger partial charge in [0.05, 0.1) is 18.5 Å². The molecule has 2 heterocycles. The zero-order chi connectivity index (χ0) is 25.9. The van der Waals surface area contributed by atoms with Crippen LogP contribution < -0.4 is 20.3 Å². The van der Waals surface area contributed by atoms with Gasteiger partial charge in [0.1, 0.15) is 16.5 Å². The van der Waals surface area contributed by atoms with Crippen LogP contribution in [0.1, 0.15) is 10.4 Å². The summed E-state index contributed by atoms with van der Waals surface area (Å²) in [6.45, 7) is 0. The fraction of sp³-hybridized carbons (Fsp3) is 0.0370. The number of amides is 3. The summed E-state index contributed by atoms with van der Waals surface area (Å²) >= 11 is 7.55. The summed E-state index contributed by atoms with van der Waals surface area (Å²) in [6.07, 6.45) is 0. The average molecular weight is 531 g/mol. The first kappa shape index (κ1) is 24.2. The van der Waals surface area contributed by atoms with Crippen molar-refractivity contribution in [3.05, 3.63) is 101 Å². The van der Waals surface area contributed by atoms with E-state index in [4.69, 9.17) is 16.3 Å². The highest BCUT2D eigenvalue weighted by Gasteiger charge is 2.39. The van der Waals surface area contributed by atoms with Crippen LogP contribution in [0.15, 0.2) is 95.0 Å². The quantitative estimate of drug-likeness (QED) is 0.306. The molecule has 0 bridgehead atoms. The van der Waals surface area contributed by atoms with Crippen molar-refractivity contribution >= 4 is 57.2 Å². The molecule has 0 spiro atoms. The summed E-state index contributed by atoms with van der Waals surface area (Å²) in [7, 11) is 1.49. The monoisotopic (exact) mass is 530 g/mol. The summed E-state index contributed by atoms with van der Waals surface area (Å²) in [5, 5.41) is 7.83. The first-order valence-electron chi connectivity index (χ1n) is 11.1. The third-order valence-electron chi connectivity index (χ3n) is 5.55. The molecule has 0 atom stereocenters. The summed E-state index contributed by atoms with van der Waals surface area (Å²) in [5.74, 6) is -1.06. The van der Waals surface area contributed by atoms with Gasteiger partial charge in [-0.2, -0.15) is 0 Å². The van der Waals surface area contributed by atoms with Gasteiger partial charge in [-0.1, -0.05) is 48.0 Å². The van der Waals surface area contributed by atoms with Gasteiger partial charge in [0.25, 0.3) is 17.7 Å². The zero-order valence-electron chi connectivity index (χ0n) is 19.4. The highest BCUT2D eigenvalue weighted by Crippen LogP contribution is 2.32. The van der Waals surface area contributed by atoms with Crippen LogP contribution in [0, 0.1) is 0 Å². The van der Waals surface area contributed by atoms with Crippen molar-refractivity contribution in [1.29, 1.82) is 0 Å². The number of thiazole rings is 1. The van der Waals surface area contributed by atoms with Gasteiger partial charge >= 0.3 is 0 Å². The lowest BCUT2D eigenvalue weighted by atomic mass is 10.2. The van der Waals surface area contributed by atoms with Crippen molar-refractivity contribution < 1.29 is 19.1 Å². The average Bonchev–Trinajstić information content (AvgIpc) is 3.48. The largest absolute Gasteiger partial charge is 0.497 e. The molecule has 3 amide bonds. The van der Waals surface area contributed by atoms with Crippen LogP contribution in [0.25, 0.3) is 11.3 Å². The van der Waals surface area contributed by atoms with Crippen LogP contribution in [-0.2, 0) is 9.59 Å². The predicted octanol–water partition coefficient (Wildman–Crippen LogP) is 5.51. The van der Waals surface area contributed by atoms with Crippen LogP contribution >= 0.6 is 22.9 Å². The van der Waals surface area contributed by atoms with E-state index in [1.54, 1.807) is 48.5 Å². The molecule has 8 nitrogen and oxygen atoms in total. The SMILES string of the molecule is COc1cccc(N2C(=O)C(Cl)=C(Nc3ccc(C(=O)Nc4nc(-c5ccccc5)cs4)cc3)C2=O)c1. The third-order valence-corrected chi connectivity index (χ3v) is 6.66. The molecular formula is C27H19ClN4O4S. The molecule has 4 aromatic rings. The first-order chi connectivity index (χ1) is 17.9. The van der Waals surface area contributed by atoms with E-state index in [0.29, 0.717) is 27.8 Å². The lowest BCUT2D eigenvalue weighted by molar-refractivity contribution is -0.120. The lowest BCUT2D eigenvalue weighted by Gasteiger charge is -2.16. The number of imide groups is 1. The Kier molecular flexibility index (Phi) is 6.72. The van der Waals surface area contributed by atoms with Gasteiger partial charge in [-0.15, -0.1) is 11.3 Å². The second-order valence-electron chi connectivity index (χ2n) is 7.90. The molecule has 1 aliphatic rings. The number of benzene rings is 3. The second-order valence-corrected chi connectivity index (χ2v) is 9.13. The fourth-order valence-corrected chi connectivity index (χ4v) is 4.61. The van der Waals surface area contributed by atoms with Crippen molar-refractivity contribution in [2.75, 3.05) is 22.6 Å². The summed E-state index contributed by atoms with van der Waals surface area (Å²) in [5.41, 5.74) is 2.92. The number of aromatic nitrogens is 1. The van der Waals surface area contributed by atoms with E-state index in [0.717, 1.165) is 16.2 Å². The number of ether oxygens (including phenoxy) is 1. The molecule has 1 aromatic heterocycles. The smallest absolute Gasteiger partial charge is 0.283 e. The number of methoxy groups -OCH3 is 1. The van der Waals surface area contributed by atoms with E-state index in [1.165, 1.54) is 18.4 Å². The van der Waals surface area contributed by atoms with Crippen LogP contribution in [-0.4, -0.2) is 29.8 Å². The molecule has 10 heteroatoms. The van der Waals surface area contributed by atoms with Crippen molar-refractivity contribution in [3.8, 4) is 17.0 Å². The normalized spacial score (nSPS) is 13.2. The molecule has 3 aromatic carbocycles. The van der Waals surface area contributed by atoms with Crippen molar-refractivity contribution in [3.63, 3.8) is 0 Å². The third kappa shape index (κ3) is 4.95. The Hall–Kier alpha value is -4.47. The van der Waals surface area contributed by atoms with Crippen LogP contribution in [0.4, 0.5) is 16.5 Å². The molecule has 0 saturated heterocycles. The Balaban J connectivity index is 1.26. The van der Waals surface area contributed by atoms with Crippen LogP contribution in [0.2, 0.25) is 0 Å². The molecule has 184 valence electrons. The standard InChI is InChI=1S/C27H19ClN4O4S/c1-36-20-9-5-8-19(14-20)32-25(34)22(28)23(26(32)35)29-18-12-10-17(11-13-18)24(33)31-27-30-21(15-37-27)16-6-3-2-4-7-16/h2-15,29H,1H3,(H,30,31,33). The van der Waals surface area contributed by atoms with Gasteiger partial charge in [-0.25, -0.2) is 9.88 Å². The number of nitrogens with zero attached hydrogens (tertiary/aromatic N) is 2. The Morgan fingerprint density at radius 2 is 1.73 bits per heavy atom. The number of hydrogen-bond donors (Lipinski definition) is 2. The van der Waals surface area contributed by atoms with Gasteiger partial charge < -0.3 is 10.1 Å². The van der Waals surface area contributed by atoms with E-state index in [-0.39, 0.29) is 16.6 Å². The summed E-state index contributed by atoms with van der Waals surface area (Å²) in [4.78, 5) is 43.9. The highest BCUT2D eigenvalue weighted by atomic mass is 35.5. The molecule has 0 unspecified atom stereocenters. The van der Waals surface area contributed by atoms with Crippen molar-refractivity contribution in [1.82, 2.24) is 4.98 Å². The Morgan fingerprint density at radius 3 is 2.46 bits per heavy atom. The first-order valence-corrected chi connectivity index (χ1v) is 12.3. The number of anilines is 3. The molecule has 1 aliphatic heterocycles. The van der Waals surface area contributed by atoms with Crippen molar-refractivity contribution in [2.24, 2.45) is 0 Å². The summed E-state index contributed by atoms with van der Waals surface area (Å²) < 4.78 is 5.18. The number of halogens is 1. The number of carbonyl (C=O) groups excluding carboxylic acids is 3. The predicted molar refractivity (Wildman–Crippen MR) is 144 cm³/mol. The van der Waals surface area contributed by atoms with Crippen molar-refractivity contribution in [2.45, 2.75) is 0 Å². The van der Waals surface area contributed by atoms with Gasteiger partial charge in [0.15, 0.2) is 5.13 Å². The summed E-state index contributed by atoms with van der Waals surface area (Å²) in [6, 6.07) is 22.7. The number of carbonyl (C=O) groups is 3. The van der Waals surface area contributed by atoms with Gasteiger partial charge in [0, 0.05) is 28.3 Å². The maximum atomic E-state index is 13.0. The molecule has 0 radical (unpaired) electrons. The molecule has 5 rings (SSSR count). The van der Waals surface area contributed by atoms with Crippen LogP contribution in [0.3, 0.4) is 0 Å². The lowest BCUT2D eigenvalue weighted by Crippen LogP contribution is -2.32. The second kappa shape index (κ2) is 10.3. The van der Waals surface area contributed by atoms with Gasteiger partial charge in [-0.05, 0) is 36.4 Å². The van der Waals surface area contributed by atoms with E-state index < -0.39 is 11.8 Å². The van der Waals surface area contributed by atoms with E-state index in [1.807, 2.05) is 35.7 Å². The fourth-order valence-electron chi connectivity index (χ4n) is 3.69. The Labute approximate surface area is 221 Å². The molecule has 37 heavy (non-hydrogen) atoms. The van der Waals surface area contributed by atoms with E-state index >= 15 is 0 Å². The maximum Gasteiger partial charge on any atom is 0.283 e. The number of rotatable bonds is 7.